The fourth-order valence-corrected chi connectivity index (χ4v) is 3.78. The van der Waals surface area contributed by atoms with Crippen LogP contribution in [0, 0.1) is 18.3 Å². The highest BCUT2D eigenvalue weighted by molar-refractivity contribution is 5.95. The smallest absolute Gasteiger partial charge is 0.101 e. The van der Waals surface area contributed by atoms with Crippen molar-refractivity contribution in [2.24, 2.45) is 0 Å². The molecule has 0 saturated carbocycles. The number of nitrogens with zero attached hydrogens (tertiary/aromatic N) is 3. The molecule has 0 aliphatic carbocycles. The average molecular weight is 372 g/mol. The number of pyridine rings is 1. The highest BCUT2D eigenvalue weighted by Gasteiger charge is 2.26. The number of ether oxygens (including phenoxy) is 1. The van der Waals surface area contributed by atoms with Gasteiger partial charge >= 0.3 is 0 Å². The molecule has 1 aliphatic rings. The normalized spacial score (nSPS) is 19.4. The van der Waals surface area contributed by atoms with E-state index < -0.39 is 0 Å². The second kappa shape index (κ2) is 7.87. The summed E-state index contributed by atoms with van der Waals surface area (Å²) in [6, 6.07) is 18.5. The van der Waals surface area contributed by atoms with Gasteiger partial charge in [0.15, 0.2) is 0 Å². The molecule has 1 N–H and O–H groups in total. The van der Waals surface area contributed by atoms with Crippen LogP contribution < -0.4 is 10.2 Å². The molecule has 1 aliphatic heterocycles. The molecule has 1 fully saturated rings. The van der Waals surface area contributed by atoms with Crippen molar-refractivity contribution in [3.05, 3.63) is 65.9 Å². The maximum absolute atomic E-state index is 9.38. The lowest BCUT2D eigenvalue weighted by molar-refractivity contribution is -0.00820. The largest absolute Gasteiger partial charge is 0.382 e. The summed E-state index contributed by atoms with van der Waals surface area (Å²) < 4.78 is 6.17. The van der Waals surface area contributed by atoms with Crippen LogP contribution in [0.3, 0.4) is 0 Å². The molecule has 4 rings (SSSR count). The van der Waals surface area contributed by atoms with Crippen LogP contribution in [-0.2, 0) is 4.74 Å². The zero-order chi connectivity index (χ0) is 19.5. The van der Waals surface area contributed by atoms with Crippen LogP contribution in [0.5, 0.6) is 0 Å². The molecule has 3 aromatic rings. The Morgan fingerprint density at radius 2 is 2.00 bits per heavy atom. The first-order valence-corrected chi connectivity index (χ1v) is 9.63. The first-order chi connectivity index (χ1) is 13.6. The van der Waals surface area contributed by atoms with Crippen molar-refractivity contribution in [2.75, 3.05) is 29.9 Å². The van der Waals surface area contributed by atoms with E-state index in [4.69, 9.17) is 4.74 Å². The Morgan fingerprint density at radius 3 is 2.79 bits per heavy atom. The molecular formula is C23H24N4O. The van der Waals surface area contributed by atoms with Crippen LogP contribution in [0.25, 0.3) is 10.9 Å². The second-order valence-corrected chi connectivity index (χ2v) is 7.36. The Morgan fingerprint density at radius 1 is 1.18 bits per heavy atom. The van der Waals surface area contributed by atoms with E-state index in [1.54, 1.807) is 6.20 Å². The van der Waals surface area contributed by atoms with Crippen molar-refractivity contribution in [3.63, 3.8) is 0 Å². The molecule has 1 saturated heterocycles. The summed E-state index contributed by atoms with van der Waals surface area (Å²) in [6.45, 7) is 6.55. The maximum Gasteiger partial charge on any atom is 0.101 e. The zero-order valence-electron chi connectivity index (χ0n) is 16.2. The van der Waals surface area contributed by atoms with Crippen molar-refractivity contribution in [1.82, 2.24) is 4.98 Å². The summed E-state index contributed by atoms with van der Waals surface area (Å²) >= 11 is 0. The predicted molar refractivity (Wildman–Crippen MR) is 113 cm³/mol. The number of hydrogen-bond acceptors (Lipinski definition) is 5. The molecule has 2 heterocycles. The third-order valence-corrected chi connectivity index (χ3v) is 5.12. The van der Waals surface area contributed by atoms with Crippen molar-refractivity contribution in [1.29, 1.82) is 5.26 Å². The number of nitrogens with one attached hydrogen (secondary N) is 1. The Kier molecular flexibility index (Phi) is 5.14. The van der Waals surface area contributed by atoms with Gasteiger partial charge in [-0.05, 0) is 50.2 Å². The number of aryl methyl sites for hydroxylation is 1. The average Bonchev–Trinajstić information content (AvgIpc) is 2.72. The summed E-state index contributed by atoms with van der Waals surface area (Å²) in [7, 11) is 0. The van der Waals surface area contributed by atoms with Gasteiger partial charge in [-0.2, -0.15) is 5.26 Å². The third kappa shape index (κ3) is 3.78. The molecule has 0 bridgehead atoms. The lowest BCUT2D eigenvalue weighted by Crippen LogP contribution is -2.49. The van der Waals surface area contributed by atoms with Gasteiger partial charge in [-0.3, -0.25) is 4.98 Å². The van der Waals surface area contributed by atoms with Crippen LogP contribution >= 0.6 is 0 Å². The summed E-state index contributed by atoms with van der Waals surface area (Å²) in [6.07, 6.45) is 1.94. The van der Waals surface area contributed by atoms with Gasteiger partial charge in [-0.25, -0.2) is 0 Å². The van der Waals surface area contributed by atoms with Gasteiger partial charge in [-0.15, -0.1) is 0 Å². The number of benzene rings is 2. The van der Waals surface area contributed by atoms with E-state index in [0.29, 0.717) is 5.56 Å². The van der Waals surface area contributed by atoms with Gasteiger partial charge < -0.3 is 15.0 Å². The minimum atomic E-state index is 0.0763. The van der Waals surface area contributed by atoms with E-state index >= 15 is 0 Å². The number of rotatable bonds is 4. The first-order valence-electron chi connectivity index (χ1n) is 9.63. The monoisotopic (exact) mass is 372 g/mol. The third-order valence-electron chi connectivity index (χ3n) is 5.12. The van der Waals surface area contributed by atoms with Gasteiger partial charge in [0.05, 0.1) is 23.3 Å². The molecule has 0 spiro atoms. The number of aromatic nitrogens is 1. The van der Waals surface area contributed by atoms with Crippen LogP contribution in [0.1, 0.15) is 18.1 Å². The van der Waals surface area contributed by atoms with E-state index in [1.807, 2.05) is 24.3 Å². The Bertz CT molecular complexity index is 1010. The molecule has 28 heavy (non-hydrogen) atoms. The van der Waals surface area contributed by atoms with Gasteiger partial charge in [0.25, 0.3) is 0 Å². The van der Waals surface area contributed by atoms with E-state index in [2.05, 4.69) is 59.4 Å². The van der Waals surface area contributed by atoms with E-state index in [1.165, 1.54) is 5.56 Å². The van der Waals surface area contributed by atoms with Crippen LogP contribution in [0.15, 0.2) is 54.7 Å². The molecule has 5 heteroatoms. The molecule has 5 nitrogen and oxygen atoms in total. The van der Waals surface area contributed by atoms with E-state index in [0.717, 1.165) is 41.9 Å². The minimum absolute atomic E-state index is 0.0763. The van der Waals surface area contributed by atoms with Gasteiger partial charge in [0.2, 0.25) is 0 Å². The summed E-state index contributed by atoms with van der Waals surface area (Å²) in [5.74, 6) is 0. The number of anilines is 2. The van der Waals surface area contributed by atoms with Crippen LogP contribution in [0.4, 0.5) is 11.4 Å². The topological polar surface area (TPSA) is 61.2 Å². The Hall–Kier alpha value is -3.10. The van der Waals surface area contributed by atoms with Gasteiger partial charge in [-0.1, -0.05) is 17.7 Å². The standard InChI is InChI=1S/C23H24N4O/c1-16-5-8-19(9-6-16)26-13-20-15-27(14-17(2)28-20)22-10-7-18(12-24)23-21(22)4-3-11-25-23/h3-11,17,20,26H,13-15H2,1-2H3/t17-,20-/m1/s1. The molecule has 2 atom stereocenters. The molecule has 2 aromatic carbocycles. The van der Waals surface area contributed by atoms with Crippen LogP contribution in [-0.4, -0.2) is 36.8 Å². The number of nitriles is 1. The lowest BCUT2D eigenvalue weighted by Gasteiger charge is -2.39. The zero-order valence-corrected chi connectivity index (χ0v) is 16.2. The number of fused-ring (bicyclic) bond motifs is 1. The molecule has 142 valence electrons. The van der Waals surface area contributed by atoms with Crippen molar-refractivity contribution in [2.45, 2.75) is 26.1 Å². The molecular weight excluding hydrogens is 348 g/mol. The number of morpholine rings is 1. The molecule has 0 unspecified atom stereocenters. The number of hydrogen-bond donors (Lipinski definition) is 1. The van der Waals surface area contributed by atoms with Crippen LogP contribution in [0.2, 0.25) is 0 Å². The van der Waals surface area contributed by atoms with Gasteiger partial charge in [0.1, 0.15) is 6.07 Å². The summed E-state index contributed by atoms with van der Waals surface area (Å²) in [5.41, 5.74) is 4.83. The van der Waals surface area contributed by atoms with Crippen molar-refractivity contribution in [3.8, 4) is 6.07 Å². The molecule has 1 aromatic heterocycles. The second-order valence-electron chi connectivity index (χ2n) is 7.36. The lowest BCUT2D eigenvalue weighted by atomic mass is 10.1. The fraction of sp³-hybridized carbons (Fsp3) is 0.304. The first kappa shape index (κ1) is 18.3. The molecule has 0 radical (unpaired) electrons. The fourth-order valence-electron chi connectivity index (χ4n) is 3.78. The summed E-state index contributed by atoms with van der Waals surface area (Å²) in [4.78, 5) is 6.78. The minimum Gasteiger partial charge on any atom is -0.382 e. The Labute approximate surface area is 165 Å². The van der Waals surface area contributed by atoms with Crippen molar-refractivity contribution >= 4 is 22.3 Å². The predicted octanol–water partition coefficient (Wildman–Crippen LogP) is 4.12. The SMILES string of the molecule is Cc1ccc(NC[C@@H]2CN(c3ccc(C#N)c4ncccc34)C[C@@H](C)O2)cc1. The van der Waals surface area contributed by atoms with Crippen molar-refractivity contribution < 1.29 is 4.74 Å². The Balaban J connectivity index is 1.54. The maximum atomic E-state index is 9.38. The van der Waals surface area contributed by atoms with E-state index in [9.17, 15) is 5.26 Å². The highest BCUT2D eigenvalue weighted by atomic mass is 16.5. The van der Waals surface area contributed by atoms with E-state index in [-0.39, 0.29) is 12.2 Å². The summed E-state index contributed by atoms with van der Waals surface area (Å²) in [5, 5.41) is 13.9. The highest BCUT2D eigenvalue weighted by Crippen LogP contribution is 2.30. The molecule has 0 amide bonds. The quantitative estimate of drug-likeness (QED) is 0.746. The van der Waals surface area contributed by atoms with Gasteiger partial charge in [0, 0.05) is 42.6 Å².